The minimum absolute atomic E-state index is 0.193. The number of hydrogen-bond acceptors (Lipinski definition) is 3. The van der Waals surface area contributed by atoms with Gasteiger partial charge in [-0.25, -0.2) is 0 Å². The summed E-state index contributed by atoms with van der Waals surface area (Å²) in [5.74, 6) is 6.93. The number of benzene rings is 1. The van der Waals surface area contributed by atoms with Crippen molar-refractivity contribution in [3.63, 3.8) is 0 Å². The van der Waals surface area contributed by atoms with E-state index >= 15 is 0 Å². The van der Waals surface area contributed by atoms with E-state index < -0.39 is 10.1 Å². The number of unbranched alkanes of at least 4 members (excludes halogenated alkanes) is 7. The van der Waals surface area contributed by atoms with Crippen molar-refractivity contribution in [2.45, 2.75) is 109 Å². The molecule has 0 aliphatic carbocycles. The monoisotopic (exact) mass is 636 g/mol. The quantitative estimate of drug-likeness (QED) is 0.115. The van der Waals surface area contributed by atoms with Crippen molar-refractivity contribution in [2.75, 3.05) is 0 Å². The van der Waals surface area contributed by atoms with Gasteiger partial charge in [0.15, 0.2) is 0 Å². The van der Waals surface area contributed by atoms with Crippen molar-refractivity contribution in [3.05, 3.63) is 29.8 Å². The Labute approximate surface area is 204 Å². The molecule has 1 aromatic carbocycles. The molecule has 30 heavy (non-hydrogen) atoms. The first-order valence-electron chi connectivity index (χ1n) is 11.0. The first-order valence-corrected chi connectivity index (χ1v) is 20.1. The van der Waals surface area contributed by atoms with E-state index in [0.717, 1.165) is 24.8 Å². The molecule has 174 valence electrons. The van der Waals surface area contributed by atoms with Crippen molar-refractivity contribution in [2.24, 2.45) is 0 Å². The Morgan fingerprint density at radius 3 is 1.87 bits per heavy atom. The molecule has 0 N–H and O–H groups in total. The Morgan fingerprint density at radius 2 is 1.37 bits per heavy atom. The third-order valence-corrected chi connectivity index (χ3v) is 22.6. The van der Waals surface area contributed by atoms with Gasteiger partial charge in [0.1, 0.15) is 0 Å². The molecule has 1 unspecified atom stereocenters. The molecule has 1 atom stereocenters. The Morgan fingerprint density at radius 1 is 0.867 bits per heavy atom. The fourth-order valence-electron chi connectivity index (χ4n) is 3.41. The number of rotatable bonds is 17. The van der Waals surface area contributed by atoms with Crippen molar-refractivity contribution < 1.29 is 12.6 Å². The van der Waals surface area contributed by atoms with E-state index in [1.807, 2.05) is 19.1 Å². The molecule has 0 radical (unpaired) electrons. The molecular weight excluding hydrogens is 593 g/mol. The summed E-state index contributed by atoms with van der Waals surface area (Å²) in [5, 5.41) is 0. The molecule has 0 aromatic heterocycles. The van der Waals surface area contributed by atoms with Crippen molar-refractivity contribution in [1.82, 2.24) is 0 Å². The summed E-state index contributed by atoms with van der Waals surface area (Å²) in [4.78, 5) is 0.283. The molecule has 0 saturated carbocycles. The second kappa shape index (κ2) is 15.5. The fourth-order valence-corrected chi connectivity index (χ4v) is 13.2. The van der Waals surface area contributed by atoms with Crippen LogP contribution in [0.1, 0.15) is 76.7 Å². The molecule has 0 spiro atoms. The van der Waals surface area contributed by atoms with Gasteiger partial charge in [-0.05, 0) is 0 Å². The van der Waals surface area contributed by atoms with Crippen molar-refractivity contribution in [3.8, 4) is 0 Å². The van der Waals surface area contributed by atoms with Crippen LogP contribution in [0.2, 0.25) is 19.6 Å². The summed E-state index contributed by atoms with van der Waals surface area (Å²) in [6.07, 6.45) is 11.6. The normalized spacial score (nSPS) is 13.5. The SMILES string of the molecule is CCCCCCCCCCC(CC([Se]C)([Se]C)[Se]C)OS(=O)(=O)c1ccc(C)cc1. The van der Waals surface area contributed by atoms with E-state index in [1.54, 1.807) is 12.1 Å². The Bertz CT molecular complexity index is 665. The zero-order valence-electron chi connectivity index (χ0n) is 19.3. The van der Waals surface area contributed by atoms with Crippen LogP contribution >= 0.6 is 0 Å². The van der Waals surface area contributed by atoms with Gasteiger partial charge in [-0.2, -0.15) is 0 Å². The van der Waals surface area contributed by atoms with Gasteiger partial charge in [0.2, 0.25) is 0 Å². The fraction of sp³-hybridized carbons (Fsp3) is 0.739. The molecule has 1 aromatic rings. The summed E-state index contributed by atoms with van der Waals surface area (Å²) in [6, 6.07) is 7.02. The van der Waals surface area contributed by atoms with E-state index in [2.05, 4.69) is 24.4 Å². The van der Waals surface area contributed by atoms with Crippen LogP contribution in [0.25, 0.3) is 0 Å². The molecule has 0 aliphatic rings. The standard InChI is InChI=1S/C23H40O3SSe3/c1-6-7-8-9-10-11-12-13-14-21(19-23(28-3,29-4)30-5)26-27(24,25)22-17-15-20(2)16-18-22/h15-18,21H,6-14,19H2,1-5H3. The molecule has 0 aliphatic heterocycles. The molecule has 3 nitrogen and oxygen atoms in total. The van der Waals surface area contributed by atoms with Crippen LogP contribution in [0, 0.1) is 6.92 Å². The van der Waals surface area contributed by atoms with Crippen LogP contribution in [-0.4, -0.2) is 59.4 Å². The maximum absolute atomic E-state index is 12.9. The van der Waals surface area contributed by atoms with Gasteiger partial charge in [-0.15, -0.1) is 0 Å². The van der Waals surface area contributed by atoms with Crippen LogP contribution in [0.4, 0.5) is 0 Å². The maximum atomic E-state index is 12.9. The first-order chi connectivity index (χ1) is 14.3. The molecule has 1 rings (SSSR count). The zero-order chi connectivity index (χ0) is 22.5. The Hall–Kier alpha value is 0.688. The predicted molar refractivity (Wildman–Crippen MR) is 133 cm³/mol. The van der Waals surface area contributed by atoms with Crippen molar-refractivity contribution in [1.29, 1.82) is 0 Å². The summed E-state index contributed by atoms with van der Waals surface area (Å²) < 4.78 is 32.1. The number of aryl methyl sites for hydroxylation is 1. The summed E-state index contributed by atoms with van der Waals surface area (Å²) in [6.45, 7) is 4.21. The van der Waals surface area contributed by atoms with E-state index in [4.69, 9.17) is 4.18 Å². The van der Waals surface area contributed by atoms with Crippen molar-refractivity contribution >= 4 is 55.0 Å². The topological polar surface area (TPSA) is 43.4 Å². The minimum atomic E-state index is -3.71. The van der Waals surface area contributed by atoms with E-state index in [9.17, 15) is 8.42 Å². The molecular formula is C23H40O3SSe3. The van der Waals surface area contributed by atoms with Gasteiger partial charge in [-0.1, -0.05) is 6.92 Å². The molecule has 0 heterocycles. The van der Waals surface area contributed by atoms with E-state index in [-0.39, 0.29) is 11.0 Å². The number of hydrogen-bond donors (Lipinski definition) is 0. The second-order valence-corrected chi connectivity index (χ2v) is 20.2. The second-order valence-electron chi connectivity index (χ2n) is 7.75. The average molecular weight is 634 g/mol. The molecule has 7 heteroatoms. The van der Waals surface area contributed by atoms with Crippen LogP contribution in [-0.2, 0) is 14.3 Å². The molecule has 0 fully saturated rings. The third-order valence-electron chi connectivity index (χ3n) is 5.36. The molecule has 0 bridgehead atoms. The van der Waals surface area contributed by atoms with Gasteiger partial charge in [0.25, 0.3) is 0 Å². The third kappa shape index (κ3) is 10.5. The Balaban J connectivity index is 2.74. The van der Waals surface area contributed by atoms with Gasteiger partial charge < -0.3 is 0 Å². The van der Waals surface area contributed by atoms with Gasteiger partial charge >= 0.3 is 199 Å². The first kappa shape index (κ1) is 28.7. The van der Waals surface area contributed by atoms with Gasteiger partial charge in [-0.3, -0.25) is 0 Å². The van der Waals surface area contributed by atoms with E-state index in [1.165, 1.54) is 44.9 Å². The van der Waals surface area contributed by atoms with Crippen LogP contribution < -0.4 is 0 Å². The molecule has 0 amide bonds. The van der Waals surface area contributed by atoms with Crippen LogP contribution in [0.5, 0.6) is 0 Å². The predicted octanol–water partition coefficient (Wildman–Crippen LogP) is 6.32. The van der Waals surface area contributed by atoms with Gasteiger partial charge in [0.05, 0.1) is 0 Å². The average Bonchev–Trinajstić information content (AvgIpc) is 2.74. The summed E-state index contributed by atoms with van der Waals surface area (Å²) in [5.41, 5.74) is 1.06. The molecule has 0 saturated heterocycles. The zero-order valence-corrected chi connectivity index (χ0v) is 25.3. The summed E-state index contributed by atoms with van der Waals surface area (Å²) in [7, 11) is -3.71. The van der Waals surface area contributed by atoms with Crippen LogP contribution in [0.3, 0.4) is 0 Å². The van der Waals surface area contributed by atoms with Crippen LogP contribution in [0.15, 0.2) is 29.2 Å². The van der Waals surface area contributed by atoms with E-state index in [0.29, 0.717) is 47.0 Å². The summed E-state index contributed by atoms with van der Waals surface area (Å²) >= 11 is 1.56. The Kier molecular flexibility index (Phi) is 14.9. The van der Waals surface area contributed by atoms with Gasteiger partial charge in [0, 0.05) is 0 Å².